The van der Waals surface area contributed by atoms with Crippen LogP contribution in [0.5, 0.6) is 0 Å². The van der Waals surface area contributed by atoms with Crippen molar-refractivity contribution in [3.63, 3.8) is 0 Å². The molecule has 0 saturated heterocycles. The van der Waals surface area contributed by atoms with Gasteiger partial charge in [0.1, 0.15) is 0 Å². The fourth-order valence-electron chi connectivity index (χ4n) is 1.89. The zero-order chi connectivity index (χ0) is 13.9. The maximum absolute atomic E-state index is 11.5. The van der Waals surface area contributed by atoms with Gasteiger partial charge in [-0.25, -0.2) is 4.79 Å². The van der Waals surface area contributed by atoms with Crippen molar-refractivity contribution in [1.82, 2.24) is 15.2 Å². The van der Waals surface area contributed by atoms with Crippen LogP contribution in [0.3, 0.4) is 0 Å². The summed E-state index contributed by atoms with van der Waals surface area (Å²) in [4.78, 5) is 15.8. The van der Waals surface area contributed by atoms with E-state index in [1.807, 2.05) is 24.3 Å². The summed E-state index contributed by atoms with van der Waals surface area (Å²) in [6.45, 7) is 1.97. The first-order chi connectivity index (χ1) is 9.79. The number of ether oxygens (including phenoxy) is 1. The van der Waals surface area contributed by atoms with Gasteiger partial charge in [0, 0.05) is 17.1 Å². The summed E-state index contributed by atoms with van der Waals surface area (Å²) in [7, 11) is 0. The minimum atomic E-state index is -0.621. The summed E-state index contributed by atoms with van der Waals surface area (Å²) in [5.74, 6) is -0.501. The van der Waals surface area contributed by atoms with Gasteiger partial charge in [0.05, 0.1) is 12.1 Å². The minimum Gasteiger partial charge on any atom is -0.459 e. The van der Waals surface area contributed by atoms with Gasteiger partial charge in [0.25, 0.3) is 0 Å². The van der Waals surface area contributed by atoms with Gasteiger partial charge >= 0.3 is 11.9 Å². The average molecular weight is 269 g/mol. The SMILES string of the molecule is CCOC(=O)c1nnc(-c2ccnc3ccccc23)o1. The molecule has 0 spiro atoms. The fourth-order valence-corrected chi connectivity index (χ4v) is 1.89. The number of hydrogen-bond donors (Lipinski definition) is 0. The first-order valence-electron chi connectivity index (χ1n) is 6.14. The number of rotatable bonds is 3. The van der Waals surface area contributed by atoms with E-state index in [-0.39, 0.29) is 18.4 Å². The van der Waals surface area contributed by atoms with Crippen molar-refractivity contribution in [1.29, 1.82) is 0 Å². The number of carbonyl (C=O) groups excluding carboxylic acids is 1. The molecule has 0 aliphatic carbocycles. The maximum atomic E-state index is 11.5. The molecule has 6 heteroatoms. The number of esters is 1. The van der Waals surface area contributed by atoms with E-state index in [1.54, 1.807) is 19.2 Å². The van der Waals surface area contributed by atoms with E-state index in [0.29, 0.717) is 0 Å². The van der Waals surface area contributed by atoms with E-state index < -0.39 is 5.97 Å². The van der Waals surface area contributed by atoms with Gasteiger partial charge in [-0.3, -0.25) is 4.98 Å². The van der Waals surface area contributed by atoms with Crippen LogP contribution in [-0.2, 0) is 4.74 Å². The molecule has 2 aromatic heterocycles. The third kappa shape index (κ3) is 2.11. The first-order valence-corrected chi connectivity index (χ1v) is 6.14. The van der Waals surface area contributed by atoms with E-state index in [2.05, 4.69) is 15.2 Å². The predicted molar refractivity (Wildman–Crippen MR) is 71.0 cm³/mol. The summed E-state index contributed by atoms with van der Waals surface area (Å²) in [5, 5.41) is 8.48. The predicted octanol–water partition coefficient (Wildman–Crippen LogP) is 2.46. The molecule has 0 atom stereocenters. The van der Waals surface area contributed by atoms with Gasteiger partial charge in [-0.1, -0.05) is 18.2 Å². The van der Waals surface area contributed by atoms with E-state index in [0.717, 1.165) is 16.5 Å². The van der Waals surface area contributed by atoms with Gasteiger partial charge < -0.3 is 9.15 Å². The lowest BCUT2D eigenvalue weighted by Crippen LogP contribution is -2.04. The lowest BCUT2D eigenvalue weighted by Gasteiger charge is -2.00. The van der Waals surface area contributed by atoms with Crippen LogP contribution in [0.2, 0.25) is 0 Å². The molecule has 0 saturated carbocycles. The van der Waals surface area contributed by atoms with Crippen molar-refractivity contribution in [3.8, 4) is 11.5 Å². The number of hydrogen-bond acceptors (Lipinski definition) is 6. The molecule has 0 unspecified atom stereocenters. The Morgan fingerprint density at radius 2 is 2.10 bits per heavy atom. The standard InChI is InChI=1S/C14H11N3O3/c1-2-19-14(18)13-17-16-12(20-13)10-7-8-15-11-6-4-3-5-9(10)11/h3-8H,2H2,1H3. The van der Waals surface area contributed by atoms with Crippen molar-refractivity contribution in [2.24, 2.45) is 0 Å². The zero-order valence-electron chi connectivity index (χ0n) is 10.7. The molecule has 0 N–H and O–H groups in total. The summed E-state index contributed by atoms with van der Waals surface area (Å²) in [6.07, 6.45) is 1.66. The van der Waals surface area contributed by atoms with Crippen LogP contribution in [-0.4, -0.2) is 27.8 Å². The van der Waals surface area contributed by atoms with Crippen LogP contribution in [0.15, 0.2) is 40.9 Å². The Bertz CT molecular complexity index is 762. The number of para-hydroxylation sites is 1. The number of benzene rings is 1. The third-order valence-corrected chi connectivity index (χ3v) is 2.75. The van der Waals surface area contributed by atoms with Gasteiger partial charge in [-0.05, 0) is 19.1 Å². The Hall–Kier alpha value is -2.76. The Morgan fingerprint density at radius 1 is 1.25 bits per heavy atom. The molecule has 0 aliphatic rings. The number of pyridine rings is 1. The maximum Gasteiger partial charge on any atom is 0.396 e. The van der Waals surface area contributed by atoms with Crippen molar-refractivity contribution in [2.75, 3.05) is 6.61 Å². The van der Waals surface area contributed by atoms with E-state index in [9.17, 15) is 4.79 Å². The molecule has 3 rings (SSSR count). The van der Waals surface area contributed by atoms with Crippen LogP contribution >= 0.6 is 0 Å². The monoisotopic (exact) mass is 269 g/mol. The Morgan fingerprint density at radius 3 is 2.95 bits per heavy atom. The summed E-state index contributed by atoms with van der Waals surface area (Å²) in [6, 6.07) is 9.37. The Labute approximate surface area is 114 Å². The topological polar surface area (TPSA) is 78.1 Å². The van der Waals surface area contributed by atoms with E-state index in [4.69, 9.17) is 9.15 Å². The molecule has 20 heavy (non-hydrogen) atoms. The summed E-state index contributed by atoms with van der Waals surface area (Å²) < 4.78 is 10.2. The van der Waals surface area contributed by atoms with Crippen LogP contribution < -0.4 is 0 Å². The van der Waals surface area contributed by atoms with Gasteiger partial charge in [-0.2, -0.15) is 0 Å². The molecule has 0 amide bonds. The quantitative estimate of drug-likeness (QED) is 0.679. The number of aromatic nitrogens is 3. The molecular formula is C14H11N3O3. The third-order valence-electron chi connectivity index (χ3n) is 2.75. The highest BCUT2D eigenvalue weighted by atomic mass is 16.5. The lowest BCUT2D eigenvalue weighted by atomic mass is 10.1. The largest absolute Gasteiger partial charge is 0.459 e. The molecular weight excluding hydrogens is 258 g/mol. The number of carbonyl (C=O) groups is 1. The molecule has 0 aliphatic heterocycles. The number of nitrogens with zero attached hydrogens (tertiary/aromatic N) is 3. The molecule has 6 nitrogen and oxygen atoms in total. The zero-order valence-corrected chi connectivity index (χ0v) is 10.7. The van der Waals surface area contributed by atoms with E-state index >= 15 is 0 Å². The first kappa shape index (κ1) is 12.3. The Balaban J connectivity index is 2.06. The summed E-state index contributed by atoms with van der Waals surface area (Å²) in [5.41, 5.74) is 1.56. The van der Waals surface area contributed by atoms with Crippen LogP contribution in [0, 0.1) is 0 Å². The lowest BCUT2D eigenvalue weighted by molar-refractivity contribution is 0.0481. The normalized spacial score (nSPS) is 10.7. The van der Waals surface area contributed by atoms with Crippen molar-refractivity contribution < 1.29 is 13.9 Å². The molecule has 0 fully saturated rings. The summed E-state index contributed by atoms with van der Waals surface area (Å²) >= 11 is 0. The number of fused-ring (bicyclic) bond motifs is 1. The average Bonchev–Trinajstić information content (AvgIpc) is 2.97. The van der Waals surface area contributed by atoms with Gasteiger partial charge in [-0.15, -0.1) is 10.2 Å². The minimum absolute atomic E-state index is 0.150. The van der Waals surface area contributed by atoms with Crippen molar-refractivity contribution >= 4 is 16.9 Å². The molecule has 3 aromatic rings. The second-order valence-corrected chi connectivity index (χ2v) is 4.01. The van der Waals surface area contributed by atoms with Crippen LogP contribution in [0.25, 0.3) is 22.4 Å². The van der Waals surface area contributed by atoms with Gasteiger partial charge in [0.15, 0.2) is 0 Å². The second kappa shape index (κ2) is 5.08. The van der Waals surface area contributed by atoms with Crippen molar-refractivity contribution in [2.45, 2.75) is 6.92 Å². The van der Waals surface area contributed by atoms with Crippen LogP contribution in [0.4, 0.5) is 0 Å². The molecule has 2 heterocycles. The van der Waals surface area contributed by atoms with Gasteiger partial charge in [0.2, 0.25) is 5.89 Å². The molecule has 100 valence electrons. The van der Waals surface area contributed by atoms with E-state index in [1.165, 1.54) is 0 Å². The highest BCUT2D eigenvalue weighted by Gasteiger charge is 2.18. The Kier molecular flexibility index (Phi) is 3.12. The molecule has 0 bridgehead atoms. The highest BCUT2D eigenvalue weighted by molar-refractivity contribution is 5.92. The smallest absolute Gasteiger partial charge is 0.396 e. The van der Waals surface area contributed by atoms with Crippen molar-refractivity contribution in [3.05, 3.63) is 42.4 Å². The second-order valence-electron chi connectivity index (χ2n) is 4.01. The fraction of sp³-hybridized carbons (Fsp3) is 0.143. The molecule has 1 aromatic carbocycles. The van der Waals surface area contributed by atoms with Crippen LogP contribution in [0.1, 0.15) is 17.6 Å². The highest BCUT2D eigenvalue weighted by Crippen LogP contribution is 2.26. The molecule has 0 radical (unpaired) electrons.